The molecule has 6 nitrogen and oxygen atoms in total. The minimum atomic E-state index is -0.667. The number of aliphatic imine (C=N–C) groups is 1. The third-order valence-corrected chi connectivity index (χ3v) is 8.55. The molecule has 3 aliphatic rings. The van der Waals surface area contributed by atoms with Gasteiger partial charge in [-0.1, -0.05) is 50.5 Å². The highest BCUT2D eigenvalue weighted by molar-refractivity contribution is 6.19. The van der Waals surface area contributed by atoms with Crippen molar-refractivity contribution in [3.05, 3.63) is 72.6 Å². The Balaban J connectivity index is 1.44. The van der Waals surface area contributed by atoms with Crippen molar-refractivity contribution in [2.45, 2.75) is 95.5 Å². The van der Waals surface area contributed by atoms with Crippen molar-refractivity contribution < 1.29 is 13.9 Å². The first kappa shape index (κ1) is 27.4. The van der Waals surface area contributed by atoms with E-state index in [9.17, 15) is 9.18 Å². The van der Waals surface area contributed by atoms with Crippen molar-refractivity contribution in [1.29, 1.82) is 0 Å². The summed E-state index contributed by atoms with van der Waals surface area (Å²) in [5.41, 5.74) is 1.07. The van der Waals surface area contributed by atoms with Crippen LogP contribution in [0.15, 0.2) is 66.2 Å². The zero-order chi connectivity index (χ0) is 27.4. The smallest absolute Gasteiger partial charge is 0.328 e. The van der Waals surface area contributed by atoms with E-state index in [1.807, 2.05) is 24.3 Å². The van der Waals surface area contributed by atoms with Gasteiger partial charge in [-0.05, 0) is 74.9 Å². The van der Waals surface area contributed by atoms with Crippen LogP contribution in [0.5, 0.6) is 5.75 Å². The molecule has 2 amide bonds. The van der Waals surface area contributed by atoms with E-state index in [2.05, 4.69) is 42.8 Å². The molecule has 5 rings (SSSR count). The Hall–Kier alpha value is -3.19. The van der Waals surface area contributed by atoms with E-state index in [1.54, 1.807) is 11.0 Å². The summed E-state index contributed by atoms with van der Waals surface area (Å²) < 4.78 is 20.4. The summed E-state index contributed by atoms with van der Waals surface area (Å²) in [5, 5.41) is 3.12. The number of piperidine rings is 1. The van der Waals surface area contributed by atoms with E-state index in [4.69, 9.17) is 9.73 Å². The summed E-state index contributed by atoms with van der Waals surface area (Å²) >= 11 is 0. The highest BCUT2D eigenvalue weighted by Crippen LogP contribution is 2.41. The number of nitrogens with one attached hydrogen (secondary N) is 1. The van der Waals surface area contributed by atoms with Gasteiger partial charge in [0, 0.05) is 24.8 Å². The molecule has 2 aromatic carbocycles. The Kier molecular flexibility index (Phi) is 8.36. The number of likely N-dealkylation sites (tertiary alicyclic amines) is 1. The van der Waals surface area contributed by atoms with E-state index in [1.165, 1.54) is 37.0 Å². The maximum atomic E-state index is 14.3. The molecule has 1 saturated carbocycles. The standard InChI is InChI=1S/C32H41FN4O2/c1-4-23(3)39-29-16-9-11-24(19-29)22-36-18-17-32(21-27(36)5-2)30(34-26-13-7-6-8-14-26)35-31(38)37(32)28-15-10-12-25(33)20-28/h5,9-12,15-16,19-20,23,26-27H,2,4,6-8,13-14,17-18,21-22H2,1,3H3,(H,34,35,38)/t23-,27?,32?/m1/s1. The largest absolute Gasteiger partial charge is 0.491 e. The van der Waals surface area contributed by atoms with Gasteiger partial charge in [-0.25, -0.2) is 9.18 Å². The van der Waals surface area contributed by atoms with Crippen LogP contribution in [0.1, 0.15) is 70.8 Å². The first-order chi connectivity index (χ1) is 18.9. The van der Waals surface area contributed by atoms with Crippen LogP contribution in [-0.4, -0.2) is 47.0 Å². The molecule has 7 heteroatoms. The summed E-state index contributed by atoms with van der Waals surface area (Å²) in [6.45, 7) is 9.88. The van der Waals surface area contributed by atoms with Gasteiger partial charge in [0.1, 0.15) is 22.9 Å². The summed E-state index contributed by atoms with van der Waals surface area (Å²) in [5.74, 6) is 1.26. The van der Waals surface area contributed by atoms with Gasteiger partial charge in [0.2, 0.25) is 0 Å². The fourth-order valence-corrected chi connectivity index (χ4v) is 6.28. The maximum Gasteiger partial charge on any atom is 0.328 e. The van der Waals surface area contributed by atoms with E-state index in [0.717, 1.165) is 43.9 Å². The Labute approximate surface area is 231 Å². The van der Waals surface area contributed by atoms with Crippen LogP contribution in [0.25, 0.3) is 0 Å². The summed E-state index contributed by atoms with van der Waals surface area (Å²) in [6, 6.07) is 14.6. The first-order valence-electron chi connectivity index (χ1n) is 14.5. The van der Waals surface area contributed by atoms with Crippen LogP contribution in [0.2, 0.25) is 0 Å². The molecule has 2 heterocycles. The number of ether oxygens (including phenoxy) is 1. The van der Waals surface area contributed by atoms with Gasteiger partial charge in [0.25, 0.3) is 0 Å². The van der Waals surface area contributed by atoms with Crippen LogP contribution in [0.4, 0.5) is 14.9 Å². The summed E-state index contributed by atoms with van der Waals surface area (Å²) in [6.07, 6.45) is 10.1. The van der Waals surface area contributed by atoms with Crippen LogP contribution >= 0.6 is 0 Å². The molecule has 1 N–H and O–H groups in total. The second kappa shape index (κ2) is 11.9. The minimum Gasteiger partial charge on any atom is -0.491 e. The van der Waals surface area contributed by atoms with E-state index in [-0.39, 0.29) is 30.0 Å². The lowest BCUT2D eigenvalue weighted by molar-refractivity contribution is 0.140. The van der Waals surface area contributed by atoms with Crippen LogP contribution < -0.4 is 15.0 Å². The number of carbonyl (C=O) groups excluding carboxylic acids is 1. The number of carbonyl (C=O) groups is 1. The molecule has 3 fully saturated rings. The molecule has 0 radical (unpaired) electrons. The number of rotatable bonds is 8. The molecular weight excluding hydrogens is 491 g/mol. The average molecular weight is 533 g/mol. The SMILES string of the molecule is C=CC1CC2(CCN1Cc1cccc(O[C@H](C)CC)c1)C(=NC1CCCCC1)NC(=O)N2c1cccc(F)c1. The molecule has 3 atom stereocenters. The number of hydrogen-bond acceptors (Lipinski definition) is 4. The monoisotopic (exact) mass is 532 g/mol. The first-order valence-corrected chi connectivity index (χ1v) is 14.5. The zero-order valence-corrected chi connectivity index (χ0v) is 23.2. The Morgan fingerprint density at radius 1 is 1.21 bits per heavy atom. The van der Waals surface area contributed by atoms with Gasteiger partial charge in [0.05, 0.1) is 12.1 Å². The van der Waals surface area contributed by atoms with Crippen LogP contribution in [-0.2, 0) is 6.54 Å². The normalized spacial score (nSPS) is 26.1. The maximum absolute atomic E-state index is 14.3. The molecular formula is C32H41FN4O2. The van der Waals surface area contributed by atoms with Crippen molar-refractivity contribution in [2.75, 3.05) is 11.4 Å². The molecule has 0 aromatic heterocycles. The summed E-state index contributed by atoms with van der Waals surface area (Å²) in [4.78, 5) is 22.8. The van der Waals surface area contributed by atoms with Gasteiger partial charge in [-0.3, -0.25) is 20.1 Å². The molecule has 1 spiro atoms. The predicted molar refractivity (Wildman–Crippen MR) is 155 cm³/mol. The fraction of sp³-hybridized carbons (Fsp3) is 0.500. The average Bonchev–Trinajstić information content (AvgIpc) is 3.20. The van der Waals surface area contributed by atoms with Crippen molar-refractivity contribution in [3.63, 3.8) is 0 Å². The lowest BCUT2D eigenvalue weighted by Gasteiger charge is -2.47. The number of nitrogens with zero attached hydrogens (tertiary/aromatic N) is 3. The number of hydrogen-bond donors (Lipinski definition) is 1. The molecule has 208 valence electrons. The number of halogens is 1. The van der Waals surface area contributed by atoms with Gasteiger partial charge in [0.15, 0.2) is 0 Å². The molecule has 2 aromatic rings. The number of benzene rings is 2. The lowest BCUT2D eigenvalue weighted by Crippen LogP contribution is -2.59. The third kappa shape index (κ3) is 5.88. The molecule has 2 unspecified atom stereocenters. The number of urea groups is 1. The Morgan fingerprint density at radius 3 is 2.74 bits per heavy atom. The highest BCUT2D eigenvalue weighted by atomic mass is 19.1. The van der Waals surface area contributed by atoms with Gasteiger partial charge in [-0.15, -0.1) is 6.58 Å². The summed E-state index contributed by atoms with van der Waals surface area (Å²) in [7, 11) is 0. The van der Waals surface area contributed by atoms with Crippen molar-refractivity contribution in [1.82, 2.24) is 10.2 Å². The zero-order valence-electron chi connectivity index (χ0n) is 23.2. The van der Waals surface area contributed by atoms with E-state index in [0.29, 0.717) is 18.5 Å². The topological polar surface area (TPSA) is 57.2 Å². The van der Waals surface area contributed by atoms with Crippen LogP contribution in [0.3, 0.4) is 0 Å². The van der Waals surface area contributed by atoms with Gasteiger partial charge >= 0.3 is 6.03 Å². The van der Waals surface area contributed by atoms with Crippen molar-refractivity contribution in [2.24, 2.45) is 4.99 Å². The van der Waals surface area contributed by atoms with Crippen molar-refractivity contribution >= 4 is 17.6 Å². The number of amidine groups is 1. The van der Waals surface area contributed by atoms with Crippen LogP contribution in [0, 0.1) is 5.82 Å². The molecule has 1 aliphatic carbocycles. The Bertz CT molecular complexity index is 1210. The van der Waals surface area contributed by atoms with E-state index >= 15 is 0 Å². The molecule has 2 saturated heterocycles. The second-order valence-electron chi connectivity index (χ2n) is 11.3. The van der Waals surface area contributed by atoms with Crippen molar-refractivity contribution in [3.8, 4) is 5.75 Å². The lowest BCUT2D eigenvalue weighted by atomic mass is 9.80. The van der Waals surface area contributed by atoms with Gasteiger partial charge < -0.3 is 4.74 Å². The number of amides is 2. The van der Waals surface area contributed by atoms with E-state index < -0.39 is 5.54 Å². The third-order valence-electron chi connectivity index (χ3n) is 8.55. The predicted octanol–water partition coefficient (Wildman–Crippen LogP) is 6.85. The molecule has 39 heavy (non-hydrogen) atoms. The number of anilines is 1. The minimum absolute atomic E-state index is 0.0122. The quantitative estimate of drug-likeness (QED) is 0.378. The second-order valence-corrected chi connectivity index (χ2v) is 11.3. The molecule has 2 aliphatic heterocycles. The molecule has 0 bridgehead atoms. The Morgan fingerprint density at radius 2 is 2.00 bits per heavy atom. The fourth-order valence-electron chi connectivity index (χ4n) is 6.28. The highest BCUT2D eigenvalue weighted by Gasteiger charge is 2.55. The van der Waals surface area contributed by atoms with Gasteiger partial charge in [-0.2, -0.15) is 0 Å².